The summed E-state index contributed by atoms with van der Waals surface area (Å²) < 4.78 is 0. The molecule has 2 aliphatic rings. The summed E-state index contributed by atoms with van der Waals surface area (Å²) in [5, 5.41) is 13.4. The minimum Gasteiger partial charge on any atom is -0.305 e. The van der Waals surface area contributed by atoms with Crippen molar-refractivity contribution in [1.29, 1.82) is 0 Å². The number of fused-ring (bicyclic) bond motifs is 1. The lowest BCUT2D eigenvalue weighted by Crippen LogP contribution is -2.40. The molecule has 6 nitrogen and oxygen atoms in total. The summed E-state index contributed by atoms with van der Waals surface area (Å²) in [6.45, 7) is 0.955. The highest BCUT2D eigenvalue weighted by Gasteiger charge is 2.42. The Bertz CT molecular complexity index is 410. The summed E-state index contributed by atoms with van der Waals surface area (Å²) >= 11 is 0. The van der Waals surface area contributed by atoms with Crippen molar-refractivity contribution in [2.75, 3.05) is 11.9 Å². The first-order chi connectivity index (χ1) is 8.34. The molecule has 2 N–H and O–H groups in total. The lowest BCUT2D eigenvalue weighted by Gasteiger charge is -2.16. The molecule has 0 spiro atoms. The van der Waals surface area contributed by atoms with Gasteiger partial charge in [0.05, 0.1) is 18.4 Å². The molecule has 3 atom stereocenters. The first-order valence-corrected chi connectivity index (χ1v) is 6.02. The van der Waals surface area contributed by atoms with Crippen LogP contribution in [0.4, 0.5) is 5.95 Å². The zero-order valence-corrected chi connectivity index (χ0v) is 9.47. The van der Waals surface area contributed by atoms with Crippen molar-refractivity contribution in [1.82, 2.24) is 20.5 Å². The second-order valence-electron chi connectivity index (χ2n) is 4.70. The van der Waals surface area contributed by atoms with Gasteiger partial charge in [-0.3, -0.25) is 10.1 Å². The Balaban J connectivity index is 1.67. The zero-order chi connectivity index (χ0) is 11.7. The lowest BCUT2D eigenvalue weighted by atomic mass is 9.94. The number of carbonyl (C=O) groups excluding carboxylic acids is 1. The van der Waals surface area contributed by atoms with Crippen molar-refractivity contribution in [3.05, 3.63) is 12.4 Å². The maximum atomic E-state index is 12.1. The van der Waals surface area contributed by atoms with Crippen LogP contribution in [0.2, 0.25) is 0 Å². The molecule has 0 aromatic carbocycles. The average molecular weight is 233 g/mol. The number of rotatable bonds is 2. The largest absolute Gasteiger partial charge is 0.305 e. The highest BCUT2D eigenvalue weighted by Crippen LogP contribution is 2.37. The molecule has 2 fully saturated rings. The lowest BCUT2D eigenvalue weighted by molar-refractivity contribution is -0.118. The van der Waals surface area contributed by atoms with Gasteiger partial charge in [-0.15, -0.1) is 5.10 Å². The van der Waals surface area contributed by atoms with Gasteiger partial charge in [0.15, 0.2) is 0 Å². The molecule has 1 aliphatic carbocycles. The highest BCUT2D eigenvalue weighted by molar-refractivity contribution is 5.93. The maximum absolute atomic E-state index is 12.1. The second-order valence-corrected chi connectivity index (χ2v) is 4.70. The van der Waals surface area contributed by atoms with Gasteiger partial charge >= 0.3 is 0 Å². The standard InChI is InChI=1S/C11H15N5O/c17-10(15-11-12-4-5-14-16-11)9-8-3-1-2-7(8)6-13-9/h4-5,7-9,13H,1-3,6H2,(H,12,15,16,17). The first kappa shape index (κ1) is 10.6. The minimum absolute atomic E-state index is 0.0348. The van der Waals surface area contributed by atoms with Crippen molar-refractivity contribution in [3.63, 3.8) is 0 Å². The molecule has 17 heavy (non-hydrogen) atoms. The third-order valence-electron chi connectivity index (χ3n) is 3.75. The van der Waals surface area contributed by atoms with Gasteiger partial charge in [0, 0.05) is 0 Å². The molecular weight excluding hydrogens is 218 g/mol. The molecule has 0 bridgehead atoms. The summed E-state index contributed by atoms with van der Waals surface area (Å²) in [5.74, 6) is 1.39. The van der Waals surface area contributed by atoms with Crippen LogP contribution in [-0.2, 0) is 4.79 Å². The predicted molar refractivity (Wildman–Crippen MR) is 61.1 cm³/mol. The number of aromatic nitrogens is 3. The van der Waals surface area contributed by atoms with E-state index >= 15 is 0 Å². The summed E-state index contributed by atoms with van der Waals surface area (Å²) in [6, 6.07) is -0.0914. The number of carbonyl (C=O) groups is 1. The van der Waals surface area contributed by atoms with Crippen molar-refractivity contribution in [3.8, 4) is 0 Å². The van der Waals surface area contributed by atoms with Crippen molar-refractivity contribution in [2.24, 2.45) is 11.8 Å². The van der Waals surface area contributed by atoms with Crippen LogP contribution < -0.4 is 10.6 Å². The summed E-state index contributed by atoms with van der Waals surface area (Å²) in [7, 11) is 0. The second kappa shape index (κ2) is 4.37. The molecule has 1 saturated carbocycles. The highest BCUT2D eigenvalue weighted by atomic mass is 16.2. The third-order valence-corrected chi connectivity index (χ3v) is 3.75. The van der Waals surface area contributed by atoms with E-state index < -0.39 is 0 Å². The Morgan fingerprint density at radius 3 is 3.18 bits per heavy atom. The molecule has 2 heterocycles. The fraction of sp³-hybridized carbons (Fsp3) is 0.636. The SMILES string of the molecule is O=C(Nc1nccnn1)C1NCC2CCCC21. The molecule has 3 unspecified atom stereocenters. The van der Waals surface area contributed by atoms with Crippen molar-refractivity contribution >= 4 is 11.9 Å². The van der Waals surface area contributed by atoms with E-state index in [0.29, 0.717) is 11.8 Å². The van der Waals surface area contributed by atoms with Gasteiger partial charge in [-0.05, 0) is 31.2 Å². The third kappa shape index (κ3) is 2.00. The van der Waals surface area contributed by atoms with Crippen LogP contribution in [0.25, 0.3) is 0 Å². The smallest absolute Gasteiger partial charge is 0.249 e. The summed E-state index contributed by atoms with van der Waals surface area (Å²) in [4.78, 5) is 16.0. The molecule has 1 aliphatic heterocycles. The number of hydrogen-bond donors (Lipinski definition) is 2. The monoisotopic (exact) mass is 233 g/mol. The minimum atomic E-state index is -0.0914. The van der Waals surface area contributed by atoms with Gasteiger partial charge in [-0.25, -0.2) is 4.98 Å². The van der Waals surface area contributed by atoms with E-state index in [2.05, 4.69) is 25.8 Å². The number of hydrogen-bond acceptors (Lipinski definition) is 5. The maximum Gasteiger partial charge on any atom is 0.249 e. The normalized spacial score (nSPS) is 31.2. The Morgan fingerprint density at radius 1 is 1.41 bits per heavy atom. The molecule has 1 saturated heterocycles. The van der Waals surface area contributed by atoms with Crippen LogP contribution in [-0.4, -0.2) is 33.7 Å². The molecule has 1 aromatic rings. The molecule has 90 valence electrons. The van der Waals surface area contributed by atoms with E-state index in [1.54, 1.807) is 0 Å². The Labute approximate surface area is 99.2 Å². The Kier molecular flexibility index (Phi) is 2.72. The van der Waals surface area contributed by atoms with Crippen molar-refractivity contribution < 1.29 is 4.79 Å². The number of amides is 1. The van der Waals surface area contributed by atoms with E-state index in [1.165, 1.54) is 25.2 Å². The van der Waals surface area contributed by atoms with Gasteiger partial charge in [0.1, 0.15) is 0 Å². The van der Waals surface area contributed by atoms with E-state index in [1.807, 2.05) is 0 Å². The first-order valence-electron chi connectivity index (χ1n) is 6.02. The summed E-state index contributed by atoms with van der Waals surface area (Å²) in [6.07, 6.45) is 6.62. The van der Waals surface area contributed by atoms with E-state index in [9.17, 15) is 4.79 Å². The van der Waals surface area contributed by atoms with E-state index in [-0.39, 0.29) is 17.9 Å². The van der Waals surface area contributed by atoms with E-state index in [0.717, 1.165) is 13.0 Å². The van der Waals surface area contributed by atoms with Crippen LogP contribution in [0, 0.1) is 11.8 Å². The van der Waals surface area contributed by atoms with Crippen LogP contribution in [0.1, 0.15) is 19.3 Å². The molecule has 0 radical (unpaired) electrons. The van der Waals surface area contributed by atoms with Gasteiger partial charge < -0.3 is 5.32 Å². The number of anilines is 1. The molecule has 1 amide bonds. The topological polar surface area (TPSA) is 79.8 Å². The number of nitrogens with zero attached hydrogens (tertiary/aromatic N) is 3. The van der Waals surface area contributed by atoms with Crippen LogP contribution in [0.15, 0.2) is 12.4 Å². The predicted octanol–water partition coefficient (Wildman–Crippen LogP) is 0.198. The Morgan fingerprint density at radius 2 is 2.35 bits per heavy atom. The zero-order valence-electron chi connectivity index (χ0n) is 9.47. The van der Waals surface area contributed by atoms with Crippen LogP contribution >= 0.6 is 0 Å². The van der Waals surface area contributed by atoms with Crippen molar-refractivity contribution in [2.45, 2.75) is 25.3 Å². The van der Waals surface area contributed by atoms with E-state index in [4.69, 9.17) is 0 Å². The summed E-state index contributed by atoms with van der Waals surface area (Å²) in [5.41, 5.74) is 0. The van der Waals surface area contributed by atoms with Crippen LogP contribution in [0.3, 0.4) is 0 Å². The molecule has 6 heteroatoms. The number of nitrogens with one attached hydrogen (secondary N) is 2. The molecular formula is C11H15N5O. The Hall–Kier alpha value is -1.56. The molecule has 3 rings (SSSR count). The van der Waals surface area contributed by atoms with Gasteiger partial charge in [0.2, 0.25) is 11.9 Å². The fourth-order valence-corrected chi connectivity index (χ4v) is 2.97. The van der Waals surface area contributed by atoms with Gasteiger partial charge in [-0.1, -0.05) is 6.42 Å². The average Bonchev–Trinajstić information content (AvgIpc) is 2.91. The fourth-order valence-electron chi connectivity index (χ4n) is 2.97. The van der Waals surface area contributed by atoms with Gasteiger partial charge in [-0.2, -0.15) is 5.10 Å². The quantitative estimate of drug-likeness (QED) is 0.762. The van der Waals surface area contributed by atoms with Crippen LogP contribution in [0.5, 0.6) is 0 Å². The molecule has 1 aromatic heterocycles. The van der Waals surface area contributed by atoms with Gasteiger partial charge in [0.25, 0.3) is 0 Å².